The molecule has 0 bridgehead atoms. The SMILES string of the molecule is COc1ccc(CN2CCC(N(C(=O)c3ccccc3OC)c3ccc(C)cc3)CC2)cc1O. The fourth-order valence-corrected chi connectivity index (χ4v) is 4.58. The van der Waals surface area contributed by atoms with Crippen LogP contribution in [0.2, 0.25) is 0 Å². The first-order chi connectivity index (χ1) is 16.5. The Kier molecular flexibility index (Phi) is 7.38. The highest BCUT2D eigenvalue weighted by Crippen LogP contribution is 2.31. The smallest absolute Gasteiger partial charge is 0.262 e. The number of carbonyl (C=O) groups excluding carboxylic acids is 1. The average molecular weight is 461 g/mol. The van der Waals surface area contributed by atoms with Crippen LogP contribution in [0, 0.1) is 6.92 Å². The Morgan fingerprint density at radius 3 is 2.29 bits per heavy atom. The molecule has 0 unspecified atom stereocenters. The molecule has 1 aliphatic rings. The molecule has 0 radical (unpaired) electrons. The maximum absolute atomic E-state index is 13.8. The monoisotopic (exact) mass is 460 g/mol. The summed E-state index contributed by atoms with van der Waals surface area (Å²) in [6.07, 6.45) is 1.72. The zero-order chi connectivity index (χ0) is 24.1. The first-order valence-corrected chi connectivity index (χ1v) is 11.6. The van der Waals surface area contributed by atoms with Crippen LogP contribution < -0.4 is 14.4 Å². The van der Waals surface area contributed by atoms with Crippen molar-refractivity contribution in [3.05, 3.63) is 83.4 Å². The number of para-hydroxylation sites is 1. The molecule has 1 fully saturated rings. The lowest BCUT2D eigenvalue weighted by atomic mass is 9.99. The summed E-state index contributed by atoms with van der Waals surface area (Å²) in [6.45, 7) is 4.51. The number of hydrogen-bond donors (Lipinski definition) is 1. The van der Waals surface area contributed by atoms with E-state index in [0.717, 1.165) is 49.3 Å². The molecule has 0 atom stereocenters. The van der Waals surface area contributed by atoms with Crippen molar-refractivity contribution in [1.29, 1.82) is 0 Å². The van der Waals surface area contributed by atoms with Gasteiger partial charge in [-0.3, -0.25) is 9.69 Å². The highest BCUT2D eigenvalue weighted by atomic mass is 16.5. The number of anilines is 1. The van der Waals surface area contributed by atoms with Gasteiger partial charge in [0.1, 0.15) is 5.75 Å². The molecule has 1 heterocycles. The molecule has 178 valence electrons. The Bertz CT molecular complexity index is 1120. The van der Waals surface area contributed by atoms with Gasteiger partial charge in [-0.2, -0.15) is 0 Å². The Labute approximate surface area is 201 Å². The minimum atomic E-state index is -0.0418. The summed E-state index contributed by atoms with van der Waals surface area (Å²) in [7, 11) is 3.14. The van der Waals surface area contributed by atoms with E-state index in [1.54, 1.807) is 26.4 Å². The van der Waals surface area contributed by atoms with Crippen molar-refractivity contribution in [3.8, 4) is 17.2 Å². The Morgan fingerprint density at radius 1 is 0.971 bits per heavy atom. The lowest BCUT2D eigenvalue weighted by molar-refractivity contribution is 0.0955. The first kappa shape index (κ1) is 23.6. The molecule has 6 nitrogen and oxygen atoms in total. The second-order valence-corrected chi connectivity index (χ2v) is 8.72. The van der Waals surface area contributed by atoms with E-state index in [9.17, 15) is 9.90 Å². The third-order valence-corrected chi connectivity index (χ3v) is 6.44. The lowest BCUT2D eigenvalue weighted by Gasteiger charge is -2.39. The Balaban J connectivity index is 1.52. The number of benzene rings is 3. The zero-order valence-corrected chi connectivity index (χ0v) is 20.0. The molecular weight excluding hydrogens is 428 g/mol. The summed E-state index contributed by atoms with van der Waals surface area (Å²) in [5, 5.41) is 10.1. The number of aromatic hydroxyl groups is 1. The van der Waals surface area contributed by atoms with E-state index in [1.807, 2.05) is 66.4 Å². The highest BCUT2D eigenvalue weighted by molar-refractivity contribution is 6.08. The maximum Gasteiger partial charge on any atom is 0.262 e. The zero-order valence-electron chi connectivity index (χ0n) is 20.0. The largest absolute Gasteiger partial charge is 0.504 e. The van der Waals surface area contributed by atoms with Crippen LogP contribution in [0.1, 0.15) is 34.3 Å². The van der Waals surface area contributed by atoms with Crippen LogP contribution in [0.4, 0.5) is 5.69 Å². The number of phenols is 1. The molecule has 1 amide bonds. The van der Waals surface area contributed by atoms with Crippen molar-refractivity contribution in [2.75, 3.05) is 32.2 Å². The third-order valence-electron chi connectivity index (χ3n) is 6.44. The van der Waals surface area contributed by atoms with Crippen LogP contribution in [-0.4, -0.2) is 49.3 Å². The van der Waals surface area contributed by atoms with Crippen LogP contribution >= 0.6 is 0 Å². The van der Waals surface area contributed by atoms with Crippen molar-refractivity contribution in [1.82, 2.24) is 4.90 Å². The van der Waals surface area contributed by atoms with Gasteiger partial charge in [0.25, 0.3) is 5.91 Å². The van der Waals surface area contributed by atoms with E-state index in [0.29, 0.717) is 17.1 Å². The van der Waals surface area contributed by atoms with Gasteiger partial charge >= 0.3 is 0 Å². The second kappa shape index (κ2) is 10.6. The van der Waals surface area contributed by atoms with E-state index in [2.05, 4.69) is 4.90 Å². The van der Waals surface area contributed by atoms with Gasteiger partial charge in [-0.25, -0.2) is 0 Å². The molecule has 1 aliphatic heterocycles. The third kappa shape index (κ3) is 5.18. The number of methoxy groups -OCH3 is 2. The van der Waals surface area contributed by atoms with Crippen LogP contribution in [0.5, 0.6) is 17.2 Å². The predicted molar refractivity (Wildman–Crippen MR) is 134 cm³/mol. The highest BCUT2D eigenvalue weighted by Gasteiger charge is 2.31. The van der Waals surface area contributed by atoms with Crippen LogP contribution in [0.3, 0.4) is 0 Å². The number of carbonyl (C=O) groups is 1. The molecule has 34 heavy (non-hydrogen) atoms. The van der Waals surface area contributed by atoms with Crippen molar-refractivity contribution >= 4 is 11.6 Å². The molecule has 1 saturated heterocycles. The number of rotatable bonds is 7. The normalized spacial score (nSPS) is 14.6. The molecular formula is C28H32N2O4. The summed E-state index contributed by atoms with van der Waals surface area (Å²) in [5.41, 5.74) is 3.67. The van der Waals surface area contributed by atoms with Crippen molar-refractivity contribution in [2.24, 2.45) is 0 Å². The fourth-order valence-electron chi connectivity index (χ4n) is 4.58. The molecule has 0 spiro atoms. The van der Waals surface area contributed by atoms with E-state index in [1.165, 1.54) is 0 Å². The summed E-state index contributed by atoms with van der Waals surface area (Å²) in [4.78, 5) is 18.1. The molecule has 4 rings (SSSR count). The summed E-state index contributed by atoms with van der Waals surface area (Å²) in [6, 6.07) is 21.2. The van der Waals surface area contributed by atoms with Crippen LogP contribution in [0.25, 0.3) is 0 Å². The van der Waals surface area contributed by atoms with Crippen molar-refractivity contribution in [3.63, 3.8) is 0 Å². The van der Waals surface area contributed by atoms with Crippen molar-refractivity contribution in [2.45, 2.75) is 32.4 Å². The maximum atomic E-state index is 13.8. The lowest BCUT2D eigenvalue weighted by Crippen LogP contribution is -2.47. The van der Waals surface area contributed by atoms with Gasteiger partial charge in [0.15, 0.2) is 11.5 Å². The van der Waals surface area contributed by atoms with Crippen LogP contribution in [0.15, 0.2) is 66.7 Å². The molecule has 0 aromatic heterocycles. The van der Waals surface area contributed by atoms with Gasteiger partial charge in [-0.05, 0) is 61.7 Å². The van der Waals surface area contributed by atoms with E-state index in [-0.39, 0.29) is 17.7 Å². The molecule has 1 N–H and O–H groups in total. The van der Waals surface area contributed by atoms with Gasteiger partial charge in [-0.1, -0.05) is 35.9 Å². The van der Waals surface area contributed by atoms with Gasteiger partial charge < -0.3 is 19.5 Å². The van der Waals surface area contributed by atoms with Gasteiger partial charge in [0, 0.05) is 31.4 Å². The topological polar surface area (TPSA) is 62.2 Å². The number of phenolic OH excluding ortho intramolecular Hbond substituents is 1. The molecule has 3 aromatic rings. The molecule has 0 saturated carbocycles. The van der Waals surface area contributed by atoms with E-state index < -0.39 is 0 Å². The number of hydrogen-bond acceptors (Lipinski definition) is 5. The Hall–Kier alpha value is -3.51. The Morgan fingerprint density at radius 2 is 1.65 bits per heavy atom. The minimum Gasteiger partial charge on any atom is -0.504 e. The number of piperidine rings is 1. The second-order valence-electron chi connectivity index (χ2n) is 8.72. The first-order valence-electron chi connectivity index (χ1n) is 11.6. The number of nitrogens with zero attached hydrogens (tertiary/aromatic N) is 2. The minimum absolute atomic E-state index is 0.0418. The standard InChI is InChI=1S/C28H32N2O4/c1-20-8-11-22(12-9-20)30(28(32)24-6-4-5-7-26(24)33-2)23-14-16-29(17-15-23)19-21-10-13-27(34-3)25(31)18-21/h4-13,18,23,31H,14-17,19H2,1-3H3. The molecule has 3 aromatic carbocycles. The fraction of sp³-hybridized carbons (Fsp3) is 0.321. The van der Waals surface area contributed by atoms with Crippen LogP contribution in [-0.2, 0) is 6.54 Å². The van der Waals surface area contributed by atoms with E-state index >= 15 is 0 Å². The quantitative estimate of drug-likeness (QED) is 0.536. The molecule has 6 heteroatoms. The summed E-state index contributed by atoms with van der Waals surface area (Å²) < 4.78 is 10.6. The number of amides is 1. The predicted octanol–water partition coefficient (Wildman–Crippen LogP) is 5.03. The van der Waals surface area contributed by atoms with E-state index in [4.69, 9.17) is 9.47 Å². The van der Waals surface area contributed by atoms with Gasteiger partial charge in [0.05, 0.1) is 19.8 Å². The number of likely N-dealkylation sites (tertiary alicyclic amines) is 1. The van der Waals surface area contributed by atoms with Gasteiger partial charge in [0.2, 0.25) is 0 Å². The summed E-state index contributed by atoms with van der Waals surface area (Å²) >= 11 is 0. The molecule has 0 aliphatic carbocycles. The summed E-state index contributed by atoms with van der Waals surface area (Å²) in [5.74, 6) is 1.18. The number of ether oxygens (including phenoxy) is 2. The van der Waals surface area contributed by atoms with Gasteiger partial charge in [-0.15, -0.1) is 0 Å². The average Bonchev–Trinajstić information content (AvgIpc) is 2.86. The van der Waals surface area contributed by atoms with Crippen molar-refractivity contribution < 1.29 is 19.4 Å². The number of aryl methyl sites for hydroxylation is 1.